The molecule has 0 atom stereocenters. The van der Waals surface area contributed by atoms with E-state index < -0.39 is 0 Å². The lowest BCUT2D eigenvalue weighted by Gasteiger charge is -2.27. The van der Waals surface area contributed by atoms with Crippen LogP contribution in [0.4, 0.5) is 0 Å². The Morgan fingerprint density at radius 1 is 0.914 bits per heavy atom. The molecule has 1 aromatic carbocycles. The lowest BCUT2D eigenvalue weighted by atomic mass is 9.80. The zero-order chi connectivity index (χ0) is 24.9. The number of esters is 2. The van der Waals surface area contributed by atoms with Gasteiger partial charge < -0.3 is 9.47 Å². The Morgan fingerprint density at radius 2 is 1.66 bits per heavy atom. The summed E-state index contributed by atoms with van der Waals surface area (Å²) in [7, 11) is 0. The first-order valence-electron chi connectivity index (χ1n) is 13.1. The van der Waals surface area contributed by atoms with E-state index in [1.54, 1.807) is 24.3 Å². The first-order valence-corrected chi connectivity index (χ1v) is 13.1. The number of ether oxygens (including phenoxy) is 2. The second-order valence-corrected chi connectivity index (χ2v) is 9.33. The summed E-state index contributed by atoms with van der Waals surface area (Å²) >= 11 is 0. The Balaban J connectivity index is 1.46. The van der Waals surface area contributed by atoms with Gasteiger partial charge in [0.15, 0.2) is 0 Å². The molecular formula is C30H37NO4. The number of rotatable bonds is 10. The topological polar surface area (TPSA) is 65.5 Å². The molecule has 0 amide bonds. The van der Waals surface area contributed by atoms with Crippen molar-refractivity contribution in [3.63, 3.8) is 0 Å². The van der Waals surface area contributed by atoms with Crippen LogP contribution in [-0.2, 0) is 9.53 Å². The lowest BCUT2D eigenvalue weighted by Crippen LogP contribution is -2.25. The van der Waals surface area contributed by atoms with E-state index >= 15 is 0 Å². The number of carbonyl (C=O) groups excluding carboxylic acids is 2. The van der Waals surface area contributed by atoms with Crippen LogP contribution in [0.25, 0.3) is 0 Å². The highest BCUT2D eigenvalue weighted by Crippen LogP contribution is 2.32. The van der Waals surface area contributed by atoms with Crippen LogP contribution in [0.2, 0.25) is 0 Å². The van der Waals surface area contributed by atoms with Crippen LogP contribution in [0.15, 0.2) is 42.6 Å². The predicted molar refractivity (Wildman–Crippen MR) is 137 cm³/mol. The van der Waals surface area contributed by atoms with E-state index in [1.165, 1.54) is 25.5 Å². The maximum Gasteiger partial charge on any atom is 0.339 e. The number of pyridine rings is 1. The van der Waals surface area contributed by atoms with Crippen LogP contribution in [0.1, 0.15) is 99.7 Å². The summed E-state index contributed by atoms with van der Waals surface area (Å²) in [5.41, 5.74) is 1.78. The van der Waals surface area contributed by atoms with E-state index in [2.05, 4.69) is 30.7 Å². The van der Waals surface area contributed by atoms with Crippen molar-refractivity contribution in [2.75, 3.05) is 6.61 Å². The van der Waals surface area contributed by atoms with Gasteiger partial charge in [0.2, 0.25) is 0 Å². The smallest absolute Gasteiger partial charge is 0.339 e. The molecule has 35 heavy (non-hydrogen) atoms. The fourth-order valence-electron chi connectivity index (χ4n) is 4.31. The molecule has 0 spiro atoms. The Morgan fingerprint density at radius 3 is 2.31 bits per heavy atom. The zero-order valence-electron chi connectivity index (χ0n) is 21.1. The standard InChI is InChI=1S/C30H37NO4/c1-3-5-7-21-34-29(32)26-16-18-27(31-22-26)17-11-24-12-19-28(20-13-24)35-30(33)25-14-9-23(10-15-25)8-6-4-2/h12-13,16,18-20,22-23,25H,3-10,14-15,21H2,1-2H3. The average molecular weight is 476 g/mol. The van der Waals surface area contributed by atoms with Crippen LogP contribution >= 0.6 is 0 Å². The highest BCUT2D eigenvalue weighted by molar-refractivity contribution is 5.89. The molecule has 186 valence electrons. The van der Waals surface area contributed by atoms with Gasteiger partial charge in [0.1, 0.15) is 11.4 Å². The maximum absolute atomic E-state index is 12.6. The van der Waals surface area contributed by atoms with Crippen molar-refractivity contribution < 1.29 is 19.1 Å². The largest absolute Gasteiger partial charge is 0.462 e. The first-order chi connectivity index (χ1) is 17.1. The van der Waals surface area contributed by atoms with E-state index in [0.717, 1.165) is 56.4 Å². The van der Waals surface area contributed by atoms with E-state index in [-0.39, 0.29) is 17.9 Å². The minimum Gasteiger partial charge on any atom is -0.462 e. The second-order valence-electron chi connectivity index (χ2n) is 9.33. The molecule has 0 radical (unpaired) electrons. The summed E-state index contributed by atoms with van der Waals surface area (Å²) < 4.78 is 10.9. The molecule has 2 aromatic rings. The van der Waals surface area contributed by atoms with Gasteiger partial charge in [-0.05, 0) is 80.3 Å². The Bertz CT molecular complexity index is 993. The fraction of sp³-hybridized carbons (Fsp3) is 0.500. The summed E-state index contributed by atoms with van der Waals surface area (Å²) in [6, 6.07) is 10.6. The van der Waals surface area contributed by atoms with Crippen LogP contribution < -0.4 is 4.74 Å². The van der Waals surface area contributed by atoms with Crippen molar-refractivity contribution in [1.82, 2.24) is 4.98 Å². The first kappa shape index (κ1) is 26.5. The van der Waals surface area contributed by atoms with Gasteiger partial charge in [-0.15, -0.1) is 0 Å². The third-order valence-corrected chi connectivity index (χ3v) is 6.53. The molecule has 1 aliphatic rings. The Kier molecular flexibility index (Phi) is 10.8. The van der Waals surface area contributed by atoms with Crippen molar-refractivity contribution in [3.8, 4) is 17.6 Å². The van der Waals surface area contributed by atoms with Crippen molar-refractivity contribution in [2.45, 2.75) is 78.1 Å². The summed E-state index contributed by atoms with van der Waals surface area (Å²) in [4.78, 5) is 28.8. The summed E-state index contributed by atoms with van der Waals surface area (Å²) in [5.74, 6) is 6.90. The normalized spacial score (nSPS) is 17.2. The van der Waals surface area contributed by atoms with Crippen molar-refractivity contribution in [1.29, 1.82) is 0 Å². The van der Waals surface area contributed by atoms with Crippen LogP contribution in [-0.4, -0.2) is 23.5 Å². The molecule has 1 fully saturated rings. The molecule has 5 heteroatoms. The highest BCUT2D eigenvalue weighted by atomic mass is 16.5. The van der Waals surface area contributed by atoms with Gasteiger partial charge in [0.05, 0.1) is 18.1 Å². The molecule has 5 nitrogen and oxygen atoms in total. The van der Waals surface area contributed by atoms with Crippen molar-refractivity contribution in [2.24, 2.45) is 11.8 Å². The number of carbonyl (C=O) groups is 2. The third kappa shape index (κ3) is 8.87. The van der Waals surface area contributed by atoms with Gasteiger partial charge >= 0.3 is 11.9 Å². The number of nitrogens with zero attached hydrogens (tertiary/aromatic N) is 1. The summed E-state index contributed by atoms with van der Waals surface area (Å²) in [6.07, 6.45) is 12.4. The predicted octanol–water partition coefficient (Wildman–Crippen LogP) is 6.73. The van der Waals surface area contributed by atoms with Gasteiger partial charge in [-0.25, -0.2) is 9.78 Å². The maximum atomic E-state index is 12.6. The van der Waals surface area contributed by atoms with E-state index in [0.29, 0.717) is 23.6 Å². The van der Waals surface area contributed by atoms with E-state index in [1.807, 2.05) is 12.1 Å². The quantitative estimate of drug-likeness (QED) is 0.165. The number of aromatic nitrogens is 1. The lowest BCUT2D eigenvalue weighted by molar-refractivity contribution is -0.140. The van der Waals surface area contributed by atoms with Crippen molar-refractivity contribution >= 4 is 11.9 Å². The summed E-state index contributed by atoms with van der Waals surface area (Å²) in [6.45, 7) is 4.76. The van der Waals surface area contributed by atoms with Crippen LogP contribution in [0, 0.1) is 23.7 Å². The molecule has 0 N–H and O–H groups in total. The van der Waals surface area contributed by atoms with Crippen molar-refractivity contribution in [3.05, 3.63) is 59.4 Å². The monoisotopic (exact) mass is 475 g/mol. The Labute approximate surface area is 209 Å². The molecule has 1 heterocycles. The molecule has 0 bridgehead atoms. The molecule has 0 saturated heterocycles. The van der Waals surface area contributed by atoms with Crippen LogP contribution in [0.5, 0.6) is 5.75 Å². The van der Waals surface area contributed by atoms with Crippen LogP contribution in [0.3, 0.4) is 0 Å². The molecule has 0 unspecified atom stereocenters. The molecule has 1 aliphatic carbocycles. The van der Waals surface area contributed by atoms with E-state index in [4.69, 9.17) is 9.47 Å². The molecule has 0 aliphatic heterocycles. The van der Waals surface area contributed by atoms with Gasteiger partial charge in [-0.2, -0.15) is 0 Å². The number of unbranched alkanes of at least 4 members (excludes halogenated alkanes) is 3. The minimum atomic E-state index is -0.359. The number of hydrogen-bond donors (Lipinski definition) is 0. The van der Waals surface area contributed by atoms with Gasteiger partial charge in [-0.3, -0.25) is 4.79 Å². The zero-order valence-corrected chi connectivity index (χ0v) is 21.1. The molecule has 1 aromatic heterocycles. The molecular weight excluding hydrogens is 438 g/mol. The number of benzene rings is 1. The third-order valence-electron chi connectivity index (χ3n) is 6.53. The SMILES string of the molecule is CCCCCOC(=O)c1ccc(C#Cc2ccc(OC(=O)C3CCC(CCCC)CC3)cc2)nc1. The minimum absolute atomic E-state index is 0.00927. The summed E-state index contributed by atoms with van der Waals surface area (Å²) in [5, 5.41) is 0. The van der Waals surface area contributed by atoms with Gasteiger partial charge in [0, 0.05) is 11.8 Å². The Hall–Kier alpha value is -3.13. The second kappa shape index (κ2) is 14.3. The average Bonchev–Trinajstić information content (AvgIpc) is 2.90. The van der Waals surface area contributed by atoms with E-state index in [9.17, 15) is 9.59 Å². The highest BCUT2D eigenvalue weighted by Gasteiger charge is 2.27. The number of hydrogen-bond acceptors (Lipinski definition) is 5. The fourth-order valence-corrected chi connectivity index (χ4v) is 4.31. The van der Waals surface area contributed by atoms with Gasteiger partial charge in [-0.1, -0.05) is 51.9 Å². The van der Waals surface area contributed by atoms with Gasteiger partial charge in [0.25, 0.3) is 0 Å². The molecule has 3 rings (SSSR count). The molecule has 1 saturated carbocycles.